The zero-order valence-corrected chi connectivity index (χ0v) is 10.2. The molecular formula is C11H20N2O4. The van der Waals surface area contributed by atoms with Crippen molar-refractivity contribution in [1.29, 1.82) is 0 Å². The minimum Gasteiger partial charge on any atom is -0.480 e. The van der Waals surface area contributed by atoms with Crippen LogP contribution in [0.1, 0.15) is 20.3 Å². The second kappa shape index (κ2) is 5.97. The van der Waals surface area contributed by atoms with Gasteiger partial charge in [-0.2, -0.15) is 0 Å². The number of nitrogens with zero attached hydrogens (tertiary/aromatic N) is 1. The first kappa shape index (κ1) is 13.9. The number of carbonyl (C=O) groups excluding carboxylic acids is 1. The summed E-state index contributed by atoms with van der Waals surface area (Å²) in [4.78, 5) is 24.3. The first-order chi connectivity index (χ1) is 7.97. The predicted molar refractivity (Wildman–Crippen MR) is 61.5 cm³/mol. The summed E-state index contributed by atoms with van der Waals surface area (Å²) < 4.78 is 0. The Bertz CT molecular complexity index is 295. The molecular weight excluding hydrogens is 224 g/mol. The molecule has 0 saturated carbocycles. The average Bonchev–Trinajstić information content (AvgIpc) is 2.67. The molecule has 98 valence electrons. The Labute approximate surface area is 101 Å². The monoisotopic (exact) mass is 244 g/mol. The second-order valence-electron chi connectivity index (χ2n) is 4.44. The number of β-amino-alcohol motifs (C(OH)–C–C–N with tert-alkyl or cyclic N) is 1. The van der Waals surface area contributed by atoms with Crippen LogP contribution >= 0.6 is 0 Å². The Morgan fingerprint density at radius 2 is 2.18 bits per heavy atom. The number of carboxylic acids is 1. The van der Waals surface area contributed by atoms with Gasteiger partial charge in [-0.25, -0.2) is 4.79 Å². The van der Waals surface area contributed by atoms with E-state index in [9.17, 15) is 14.7 Å². The van der Waals surface area contributed by atoms with Crippen molar-refractivity contribution in [2.75, 3.05) is 19.6 Å². The molecule has 3 N–H and O–H groups in total. The van der Waals surface area contributed by atoms with E-state index < -0.39 is 18.1 Å². The third-order valence-corrected chi connectivity index (χ3v) is 2.97. The van der Waals surface area contributed by atoms with Crippen LogP contribution in [0, 0.1) is 5.92 Å². The third kappa shape index (κ3) is 3.41. The quantitative estimate of drug-likeness (QED) is 0.594. The first-order valence-electron chi connectivity index (χ1n) is 5.89. The first-order valence-corrected chi connectivity index (χ1v) is 5.89. The molecule has 0 aromatic heterocycles. The molecule has 1 fully saturated rings. The molecule has 3 unspecified atom stereocenters. The van der Waals surface area contributed by atoms with Gasteiger partial charge in [0.25, 0.3) is 0 Å². The summed E-state index contributed by atoms with van der Waals surface area (Å²) in [5.41, 5.74) is 0. The Hall–Kier alpha value is -1.14. The van der Waals surface area contributed by atoms with Crippen LogP contribution in [-0.2, 0) is 9.59 Å². The normalized spacial score (nSPS) is 25.9. The van der Waals surface area contributed by atoms with E-state index in [2.05, 4.69) is 5.32 Å². The van der Waals surface area contributed by atoms with Crippen molar-refractivity contribution in [1.82, 2.24) is 10.2 Å². The maximum absolute atomic E-state index is 12.0. The molecule has 0 aromatic carbocycles. The summed E-state index contributed by atoms with van der Waals surface area (Å²) in [6.45, 7) is 5.11. The average molecular weight is 244 g/mol. The number of likely N-dealkylation sites (tertiary alicyclic amines) is 1. The number of aliphatic hydroxyl groups excluding tert-OH is 1. The summed E-state index contributed by atoms with van der Waals surface area (Å²) >= 11 is 0. The minimum absolute atomic E-state index is 0.117. The number of carboxylic acid groups (broad SMARTS) is 1. The molecule has 1 amide bonds. The molecule has 3 atom stereocenters. The topological polar surface area (TPSA) is 89.9 Å². The van der Waals surface area contributed by atoms with Crippen molar-refractivity contribution in [3.8, 4) is 0 Å². The van der Waals surface area contributed by atoms with Gasteiger partial charge in [0.1, 0.15) is 6.04 Å². The molecule has 1 heterocycles. The summed E-state index contributed by atoms with van der Waals surface area (Å²) in [7, 11) is 0. The second-order valence-corrected chi connectivity index (χ2v) is 4.44. The zero-order chi connectivity index (χ0) is 13.0. The number of carbonyl (C=O) groups is 2. The third-order valence-electron chi connectivity index (χ3n) is 2.97. The van der Waals surface area contributed by atoms with Crippen LogP contribution < -0.4 is 5.32 Å². The minimum atomic E-state index is -1.05. The zero-order valence-electron chi connectivity index (χ0n) is 10.2. The van der Waals surface area contributed by atoms with E-state index in [0.717, 1.165) is 6.54 Å². The molecule has 0 radical (unpaired) electrons. The summed E-state index contributed by atoms with van der Waals surface area (Å²) in [6.07, 6.45) is -0.610. The number of rotatable bonds is 5. The lowest BCUT2D eigenvalue weighted by molar-refractivity contribution is -0.149. The largest absolute Gasteiger partial charge is 0.480 e. The molecule has 1 aliphatic rings. The van der Waals surface area contributed by atoms with Crippen LogP contribution in [0.3, 0.4) is 0 Å². The van der Waals surface area contributed by atoms with Crippen molar-refractivity contribution in [2.45, 2.75) is 32.4 Å². The summed E-state index contributed by atoms with van der Waals surface area (Å²) in [6, 6.07) is -0.887. The molecule has 1 rings (SSSR count). The number of nitrogens with one attached hydrogen (secondary N) is 1. The van der Waals surface area contributed by atoms with Crippen molar-refractivity contribution in [3.05, 3.63) is 0 Å². The fraction of sp³-hybridized carbons (Fsp3) is 0.818. The van der Waals surface area contributed by atoms with E-state index in [1.807, 2.05) is 6.92 Å². The van der Waals surface area contributed by atoms with Gasteiger partial charge in [-0.1, -0.05) is 13.8 Å². The van der Waals surface area contributed by atoms with E-state index in [4.69, 9.17) is 5.11 Å². The van der Waals surface area contributed by atoms with Gasteiger partial charge >= 0.3 is 5.97 Å². The lowest BCUT2D eigenvalue weighted by atomic mass is 10.1. The number of hydrogen-bond acceptors (Lipinski definition) is 4. The van der Waals surface area contributed by atoms with Crippen molar-refractivity contribution in [2.24, 2.45) is 5.92 Å². The summed E-state index contributed by atoms with van der Waals surface area (Å²) in [5, 5.41) is 21.5. The molecule has 6 heteroatoms. The molecule has 17 heavy (non-hydrogen) atoms. The highest BCUT2D eigenvalue weighted by Gasteiger charge is 2.39. The molecule has 0 aliphatic carbocycles. The van der Waals surface area contributed by atoms with E-state index in [1.165, 1.54) is 4.90 Å². The number of aliphatic hydroxyl groups is 1. The SMILES string of the molecule is CCNCC(C)C(=O)N1CC(O)CC1C(=O)O. The fourth-order valence-electron chi connectivity index (χ4n) is 2.02. The van der Waals surface area contributed by atoms with Crippen molar-refractivity contribution in [3.63, 3.8) is 0 Å². The lowest BCUT2D eigenvalue weighted by Gasteiger charge is -2.24. The maximum atomic E-state index is 12.0. The number of hydrogen-bond donors (Lipinski definition) is 3. The van der Waals surface area contributed by atoms with Crippen LogP contribution in [0.4, 0.5) is 0 Å². The highest BCUT2D eigenvalue weighted by Crippen LogP contribution is 2.20. The smallest absolute Gasteiger partial charge is 0.326 e. The Balaban J connectivity index is 2.63. The van der Waals surface area contributed by atoms with E-state index in [-0.39, 0.29) is 24.8 Å². The molecule has 6 nitrogen and oxygen atoms in total. The molecule has 1 aliphatic heterocycles. The van der Waals surface area contributed by atoms with Gasteiger partial charge in [-0.05, 0) is 6.54 Å². The van der Waals surface area contributed by atoms with Gasteiger partial charge in [0.15, 0.2) is 0 Å². The van der Waals surface area contributed by atoms with E-state index in [1.54, 1.807) is 6.92 Å². The number of aliphatic carboxylic acids is 1. The van der Waals surface area contributed by atoms with Gasteiger partial charge in [0, 0.05) is 25.4 Å². The Kier molecular flexibility index (Phi) is 4.89. The van der Waals surface area contributed by atoms with Crippen LogP contribution in [0.15, 0.2) is 0 Å². The van der Waals surface area contributed by atoms with Gasteiger partial charge in [0.05, 0.1) is 6.10 Å². The Morgan fingerprint density at radius 3 is 2.71 bits per heavy atom. The molecule has 1 saturated heterocycles. The molecule has 0 spiro atoms. The van der Waals surface area contributed by atoms with Crippen LogP contribution in [0.5, 0.6) is 0 Å². The van der Waals surface area contributed by atoms with Crippen LogP contribution in [0.2, 0.25) is 0 Å². The van der Waals surface area contributed by atoms with Crippen LogP contribution in [-0.4, -0.2) is 58.8 Å². The van der Waals surface area contributed by atoms with E-state index >= 15 is 0 Å². The highest BCUT2D eigenvalue weighted by molar-refractivity contribution is 5.85. The molecule has 0 bridgehead atoms. The van der Waals surface area contributed by atoms with Crippen LogP contribution in [0.25, 0.3) is 0 Å². The number of amides is 1. The standard InChI is InChI=1S/C11H20N2O4/c1-3-12-5-7(2)10(15)13-6-8(14)4-9(13)11(16)17/h7-9,12,14H,3-6H2,1-2H3,(H,16,17). The fourth-order valence-corrected chi connectivity index (χ4v) is 2.02. The highest BCUT2D eigenvalue weighted by atomic mass is 16.4. The van der Waals surface area contributed by atoms with Crippen molar-refractivity contribution < 1.29 is 19.8 Å². The van der Waals surface area contributed by atoms with Gasteiger partial charge in [-0.3, -0.25) is 4.79 Å². The van der Waals surface area contributed by atoms with Gasteiger partial charge < -0.3 is 20.4 Å². The lowest BCUT2D eigenvalue weighted by Crippen LogP contribution is -2.45. The maximum Gasteiger partial charge on any atom is 0.326 e. The van der Waals surface area contributed by atoms with Crippen molar-refractivity contribution >= 4 is 11.9 Å². The van der Waals surface area contributed by atoms with E-state index in [0.29, 0.717) is 6.54 Å². The van der Waals surface area contributed by atoms with Gasteiger partial charge in [-0.15, -0.1) is 0 Å². The van der Waals surface area contributed by atoms with Gasteiger partial charge in [0.2, 0.25) is 5.91 Å². The molecule has 0 aromatic rings. The summed E-state index contributed by atoms with van der Waals surface area (Å²) in [5.74, 6) is -1.54. The Morgan fingerprint density at radius 1 is 1.53 bits per heavy atom. The predicted octanol–water partition coefficient (Wildman–Crippen LogP) is -0.722.